The van der Waals surface area contributed by atoms with Gasteiger partial charge in [0.25, 0.3) is 0 Å². The molecule has 4 aliphatic carbocycles. The number of aliphatic hydroxyl groups is 1. The molecule has 0 aromatic rings. The molecule has 8 rings (SSSR count). The van der Waals surface area contributed by atoms with Crippen LogP contribution in [0.5, 0.6) is 0 Å². The van der Waals surface area contributed by atoms with Gasteiger partial charge in [-0.25, -0.2) is 4.94 Å². The first kappa shape index (κ1) is 14.5. The van der Waals surface area contributed by atoms with Gasteiger partial charge in [-0.05, 0) is 74.5 Å². The van der Waals surface area contributed by atoms with E-state index in [1.54, 1.807) is 0 Å². The van der Waals surface area contributed by atoms with Gasteiger partial charge < -0.3 is 5.11 Å². The Kier molecular flexibility index (Phi) is 2.06. The van der Waals surface area contributed by atoms with Gasteiger partial charge in [0.2, 0.25) is 0 Å². The van der Waals surface area contributed by atoms with Crippen molar-refractivity contribution >= 4 is 0 Å². The first-order chi connectivity index (χ1) is 11.9. The molecule has 2 spiro atoms. The van der Waals surface area contributed by atoms with Crippen LogP contribution in [-0.2, 0) is 4.94 Å². The maximum absolute atomic E-state index is 11.1. The van der Waals surface area contributed by atoms with E-state index in [1.165, 1.54) is 32.1 Å². The number of terminal acetylenes is 1. The van der Waals surface area contributed by atoms with Crippen molar-refractivity contribution in [3.8, 4) is 12.3 Å². The summed E-state index contributed by atoms with van der Waals surface area (Å²) in [6.07, 6.45) is 15.4. The molecule has 0 aromatic heterocycles. The lowest BCUT2D eigenvalue weighted by Gasteiger charge is -2.60. The Morgan fingerprint density at radius 3 is 2.48 bits per heavy atom. The van der Waals surface area contributed by atoms with Crippen molar-refractivity contribution in [1.29, 1.82) is 0 Å². The first-order valence-electron chi connectivity index (χ1n) is 10.4. The van der Waals surface area contributed by atoms with Crippen molar-refractivity contribution in [2.24, 2.45) is 34.5 Å². The SMILES string of the molecule is C#C[C@]1(O)CC[C@H]2[C@@H]3CC[C@H]4C56N7ON5C76CC[C@]4(C)[C@H]3CC[C@@]21C. The van der Waals surface area contributed by atoms with E-state index in [1.807, 2.05) is 0 Å². The van der Waals surface area contributed by atoms with Gasteiger partial charge in [-0.3, -0.25) is 0 Å². The van der Waals surface area contributed by atoms with E-state index >= 15 is 0 Å². The van der Waals surface area contributed by atoms with Gasteiger partial charge in [-0.1, -0.05) is 19.8 Å². The molecule has 4 heteroatoms. The molecular weight excluding hydrogens is 312 g/mol. The highest BCUT2D eigenvalue weighted by Crippen LogP contribution is 2.92. The summed E-state index contributed by atoms with van der Waals surface area (Å²) in [6, 6.07) is 0. The monoisotopic (exact) mass is 340 g/mol. The van der Waals surface area contributed by atoms with Crippen LogP contribution in [0, 0.1) is 46.8 Å². The van der Waals surface area contributed by atoms with Gasteiger partial charge >= 0.3 is 0 Å². The average Bonchev–Trinajstić information content (AvgIpc) is 3.19. The molecule has 9 atom stereocenters. The van der Waals surface area contributed by atoms with Gasteiger partial charge in [0.15, 0.2) is 11.3 Å². The maximum atomic E-state index is 11.1. The van der Waals surface area contributed by atoms with Gasteiger partial charge in [-0.2, -0.15) is 0 Å². The fourth-order valence-electron chi connectivity index (χ4n) is 9.27. The second kappa shape index (κ2) is 3.56. The normalized spacial score (nSPS) is 73.5. The number of rotatable bonds is 0. The molecule has 0 radical (unpaired) electrons. The zero-order valence-electron chi connectivity index (χ0n) is 15.3. The average molecular weight is 340 g/mol. The van der Waals surface area contributed by atoms with Gasteiger partial charge in [0, 0.05) is 11.3 Å². The third-order valence-electron chi connectivity index (χ3n) is 10.7. The quantitative estimate of drug-likeness (QED) is 0.543. The molecule has 1 N–H and O–H groups in total. The molecule has 2 bridgehead atoms. The maximum Gasteiger partial charge on any atom is 0.169 e. The van der Waals surface area contributed by atoms with E-state index in [9.17, 15) is 5.11 Å². The molecule has 25 heavy (non-hydrogen) atoms. The minimum absolute atomic E-state index is 0.0692. The number of hydrogen-bond donors (Lipinski definition) is 1. The van der Waals surface area contributed by atoms with E-state index < -0.39 is 5.60 Å². The molecule has 8 aliphatic rings. The third kappa shape index (κ3) is 1.06. The summed E-state index contributed by atoms with van der Waals surface area (Å²) in [5, 5.41) is 15.7. The van der Waals surface area contributed by atoms with Crippen LogP contribution in [0.25, 0.3) is 0 Å². The molecule has 8 fully saturated rings. The fraction of sp³-hybridized carbons (Fsp3) is 0.905. The highest BCUT2D eigenvalue weighted by Gasteiger charge is 3.12. The molecule has 0 amide bonds. The van der Waals surface area contributed by atoms with Crippen molar-refractivity contribution in [3.63, 3.8) is 0 Å². The van der Waals surface area contributed by atoms with Crippen molar-refractivity contribution in [2.45, 2.75) is 82.1 Å². The Morgan fingerprint density at radius 1 is 1.00 bits per heavy atom. The Balaban J connectivity index is 1.26. The summed E-state index contributed by atoms with van der Waals surface area (Å²) >= 11 is 0. The second-order valence-corrected chi connectivity index (χ2v) is 10.7. The number of nitrogens with zero attached hydrogens (tertiary/aromatic N) is 2. The van der Waals surface area contributed by atoms with Crippen LogP contribution in [0.1, 0.15) is 65.2 Å². The van der Waals surface area contributed by atoms with E-state index in [-0.39, 0.29) is 5.41 Å². The molecular formula is C21H28N2O2. The highest BCUT2D eigenvalue weighted by molar-refractivity contribution is 5.47. The van der Waals surface area contributed by atoms with Crippen LogP contribution >= 0.6 is 0 Å². The minimum Gasteiger partial charge on any atom is -0.377 e. The summed E-state index contributed by atoms with van der Waals surface area (Å²) in [7, 11) is 0. The predicted octanol–water partition coefficient (Wildman–Crippen LogP) is 2.89. The summed E-state index contributed by atoms with van der Waals surface area (Å²) < 4.78 is 0. The Labute approximate surface area is 149 Å². The number of hydroxylamine groups is 4. The molecule has 4 aliphatic heterocycles. The predicted molar refractivity (Wildman–Crippen MR) is 91.1 cm³/mol. The molecule has 4 saturated heterocycles. The number of fused-ring (bicyclic) bond motifs is 5. The summed E-state index contributed by atoms with van der Waals surface area (Å²) in [6.45, 7) is 4.89. The van der Waals surface area contributed by atoms with Crippen LogP contribution in [-0.4, -0.2) is 32.2 Å². The summed E-state index contributed by atoms with van der Waals surface area (Å²) in [4.78, 5) is 5.66. The molecule has 0 aromatic carbocycles. The lowest BCUT2D eigenvalue weighted by Crippen LogP contribution is -2.60. The molecule has 4 saturated carbocycles. The van der Waals surface area contributed by atoms with Crippen molar-refractivity contribution < 1.29 is 10.0 Å². The minimum atomic E-state index is -0.874. The van der Waals surface area contributed by atoms with Gasteiger partial charge in [-0.15, -0.1) is 16.5 Å². The Hall–Kier alpha value is -0.600. The van der Waals surface area contributed by atoms with Gasteiger partial charge in [0.05, 0.1) is 0 Å². The Bertz CT molecular complexity index is 749. The lowest BCUT2D eigenvalue weighted by molar-refractivity contribution is -0.485. The highest BCUT2D eigenvalue weighted by atomic mass is 17.0. The topological polar surface area (TPSA) is 35.5 Å². The number of hydrogen-bond acceptors (Lipinski definition) is 4. The molecule has 2 unspecified atom stereocenters. The van der Waals surface area contributed by atoms with Crippen LogP contribution in [0.3, 0.4) is 0 Å². The molecule has 4 heterocycles. The Morgan fingerprint density at radius 2 is 1.76 bits per heavy atom. The van der Waals surface area contributed by atoms with E-state index in [2.05, 4.69) is 29.9 Å². The van der Waals surface area contributed by atoms with E-state index in [4.69, 9.17) is 11.4 Å². The zero-order valence-corrected chi connectivity index (χ0v) is 15.3. The molecule has 134 valence electrons. The first-order valence-corrected chi connectivity index (χ1v) is 10.4. The van der Waals surface area contributed by atoms with Crippen molar-refractivity contribution in [2.75, 3.05) is 0 Å². The van der Waals surface area contributed by atoms with Crippen molar-refractivity contribution in [3.05, 3.63) is 0 Å². The second-order valence-electron chi connectivity index (χ2n) is 10.7. The third-order valence-corrected chi connectivity index (χ3v) is 10.7. The summed E-state index contributed by atoms with van der Waals surface area (Å²) in [5.74, 6) is 5.75. The fourth-order valence-corrected chi connectivity index (χ4v) is 9.27. The van der Waals surface area contributed by atoms with Crippen molar-refractivity contribution in [1.82, 2.24) is 10.1 Å². The smallest absolute Gasteiger partial charge is 0.169 e. The molecule has 4 nitrogen and oxygen atoms in total. The van der Waals surface area contributed by atoms with E-state index in [0.717, 1.165) is 37.0 Å². The largest absolute Gasteiger partial charge is 0.377 e. The zero-order chi connectivity index (χ0) is 17.0. The van der Waals surface area contributed by atoms with Gasteiger partial charge in [0.1, 0.15) is 5.60 Å². The van der Waals surface area contributed by atoms with Crippen LogP contribution < -0.4 is 0 Å². The van der Waals surface area contributed by atoms with Crippen LogP contribution in [0.2, 0.25) is 0 Å². The van der Waals surface area contributed by atoms with E-state index in [0.29, 0.717) is 22.7 Å². The standard InChI is InChI=1S/C21H28N2O2/c1-4-19(24)10-8-15-13-5-6-16-17(2,14(13)7-9-18(15,19)3)11-12-20-21(16)22(20)25-23(20)21/h1,13-16,24H,5-12H2,2-3H3/t13-,14+,15+,16-,17-,18+,19+,20?,21?,22?,23?/m1/s1. The lowest BCUT2D eigenvalue weighted by atomic mass is 9.44. The van der Waals surface area contributed by atoms with Crippen LogP contribution in [0.15, 0.2) is 0 Å². The summed E-state index contributed by atoms with van der Waals surface area (Å²) in [5.41, 5.74) is 0.171. The van der Waals surface area contributed by atoms with Crippen LogP contribution in [0.4, 0.5) is 0 Å².